The molecule has 0 aromatic heterocycles. The van der Waals surface area contributed by atoms with Crippen LogP contribution in [-0.2, 0) is 0 Å². The molecule has 0 fully saturated rings. The van der Waals surface area contributed by atoms with Gasteiger partial charge in [-0.15, -0.1) is 0 Å². The first kappa shape index (κ1) is 11.4. The fourth-order valence-corrected chi connectivity index (χ4v) is 1.08. The lowest BCUT2D eigenvalue weighted by Gasteiger charge is -2.00. The van der Waals surface area contributed by atoms with Gasteiger partial charge in [-0.1, -0.05) is 23.3 Å². The Bertz CT molecular complexity index is 171. The first-order valence-corrected chi connectivity index (χ1v) is 4.51. The zero-order valence-corrected chi connectivity index (χ0v) is 8.59. The molecule has 0 saturated heterocycles. The molecule has 0 aliphatic heterocycles. The van der Waals surface area contributed by atoms with Crippen molar-refractivity contribution in [2.24, 2.45) is 0 Å². The van der Waals surface area contributed by atoms with Crippen molar-refractivity contribution in [2.75, 3.05) is 0 Å². The van der Waals surface area contributed by atoms with Gasteiger partial charge in [0, 0.05) is 0 Å². The Labute approximate surface area is 75.8 Å². The summed E-state index contributed by atoms with van der Waals surface area (Å²) < 4.78 is 0. The van der Waals surface area contributed by atoms with E-state index in [9.17, 15) is 0 Å². The van der Waals surface area contributed by atoms with E-state index in [-0.39, 0.29) is 6.10 Å². The average Bonchev–Trinajstić information content (AvgIpc) is 1.84. The standard InChI is InChI=1S/C11H20O/c1-9(2)6-5-7-10(3)8-11(4)12/h6,8,11-12H,5,7H2,1-4H3/b10-8-/t11-/m0/s1. The van der Waals surface area contributed by atoms with E-state index in [0.717, 1.165) is 12.8 Å². The first-order chi connectivity index (χ1) is 5.52. The van der Waals surface area contributed by atoms with E-state index in [1.54, 1.807) is 6.92 Å². The quantitative estimate of drug-likeness (QED) is 0.640. The first-order valence-electron chi connectivity index (χ1n) is 4.51. The van der Waals surface area contributed by atoms with E-state index in [4.69, 9.17) is 5.11 Å². The van der Waals surface area contributed by atoms with Gasteiger partial charge in [0.2, 0.25) is 0 Å². The summed E-state index contributed by atoms with van der Waals surface area (Å²) in [6, 6.07) is 0. The molecule has 0 aliphatic rings. The van der Waals surface area contributed by atoms with Gasteiger partial charge >= 0.3 is 0 Å². The third kappa shape index (κ3) is 7.55. The highest BCUT2D eigenvalue weighted by Crippen LogP contribution is 2.07. The van der Waals surface area contributed by atoms with Gasteiger partial charge in [-0.25, -0.2) is 0 Å². The third-order valence-corrected chi connectivity index (χ3v) is 1.62. The van der Waals surface area contributed by atoms with Crippen LogP contribution in [0.25, 0.3) is 0 Å². The van der Waals surface area contributed by atoms with Gasteiger partial charge in [0.05, 0.1) is 6.10 Å². The summed E-state index contributed by atoms with van der Waals surface area (Å²) in [6.07, 6.45) is 5.95. The molecule has 12 heavy (non-hydrogen) atoms. The summed E-state index contributed by atoms with van der Waals surface area (Å²) in [4.78, 5) is 0. The van der Waals surface area contributed by atoms with Crippen LogP contribution < -0.4 is 0 Å². The largest absolute Gasteiger partial charge is 0.389 e. The number of rotatable bonds is 4. The van der Waals surface area contributed by atoms with Crippen LogP contribution in [0.2, 0.25) is 0 Å². The molecule has 0 amide bonds. The number of hydrogen-bond donors (Lipinski definition) is 1. The molecular weight excluding hydrogens is 148 g/mol. The lowest BCUT2D eigenvalue weighted by molar-refractivity contribution is 0.243. The summed E-state index contributed by atoms with van der Waals surface area (Å²) in [7, 11) is 0. The van der Waals surface area contributed by atoms with Gasteiger partial charge < -0.3 is 5.11 Å². The highest BCUT2D eigenvalue weighted by atomic mass is 16.3. The summed E-state index contributed by atoms with van der Waals surface area (Å²) in [6.45, 7) is 8.05. The van der Waals surface area contributed by atoms with Crippen molar-refractivity contribution in [3.8, 4) is 0 Å². The van der Waals surface area contributed by atoms with Crippen LogP contribution in [0.5, 0.6) is 0 Å². The number of allylic oxidation sites excluding steroid dienone is 3. The summed E-state index contributed by atoms with van der Waals surface area (Å²) in [5.74, 6) is 0. The van der Waals surface area contributed by atoms with Gasteiger partial charge in [0.15, 0.2) is 0 Å². The van der Waals surface area contributed by atoms with Crippen LogP contribution >= 0.6 is 0 Å². The van der Waals surface area contributed by atoms with Crippen molar-refractivity contribution in [1.29, 1.82) is 0 Å². The molecule has 0 radical (unpaired) electrons. The minimum absolute atomic E-state index is 0.309. The van der Waals surface area contributed by atoms with Crippen LogP contribution in [0.4, 0.5) is 0 Å². The summed E-state index contributed by atoms with van der Waals surface area (Å²) in [5, 5.41) is 9.04. The minimum Gasteiger partial charge on any atom is -0.389 e. The number of aliphatic hydroxyl groups excluding tert-OH is 1. The Hall–Kier alpha value is -0.560. The lowest BCUT2D eigenvalue weighted by Crippen LogP contribution is -1.94. The second-order valence-corrected chi connectivity index (χ2v) is 3.57. The smallest absolute Gasteiger partial charge is 0.0695 e. The van der Waals surface area contributed by atoms with Crippen LogP contribution in [0.1, 0.15) is 40.5 Å². The highest BCUT2D eigenvalue weighted by molar-refractivity contribution is 5.03. The van der Waals surface area contributed by atoms with Crippen molar-refractivity contribution in [3.63, 3.8) is 0 Å². The van der Waals surface area contributed by atoms with Crippen molar-refractivity contribution < 1.29 is 5.11 Å². The number of aliphatic hydroxyl groups is 1. The molecular formula is C11H20O. The van der Waals surface area contributed by atoms with Crippen molar-refractivity contribution >= 4 is 0 Å². The maximum absolute atomic E-state index is 9.04. The molecule has 0 aromatic carbocycles. The second kappa shape index (κ2) is 6.01. The molecule has 0 spiro atoms. The van der Waals surface area contributed by atoms with Crippen LogP contribution in [0, 0.1) is 0 Å². The normalized spacial score (nSPS) is 14.2. The Morgan fingerprint density at radius 3 is 2.33 bits per heavy atom. The van der Waals surface area contributed by atoms with Crippen molar-refractivity contribution in [3.05, 3.63) is 23.3 Å². The van der Waals surface area contributed by atoms with E-state index in [1.165, 1.54) is 11.1 Å². The highest BCUT2D eigenvalue weighted by Gasteiger charge is 1.91. The molecule has 70 valence electrons. The van der Waals surface area contributed by atoms with Gasteiger partial charge in [0.1, 0.15) is 0 Å². The van der Waals surface area contributed by atoms with Crippen molar-refractivity contribution in [1.82, 2.24) is 0 Å². The zero-order chi connectivity index (χ0) is 9.56. The third-order valence-electron chi connectivity index (χ3n) is 1.62. The Morgan fingerprint density at radius 1 is 1.33 bits per heavy atom. The van der Waals surface area contributed by atoms with Crippen LogP contribution in [0.15, 0.2) is 23.3 Å². The SMILES string of the molecule is CC(C)=CCC/C(C)=C\[C@H](C)O. The predicted octanol–water partition coefficient (Wildman–Crippen LogP) is 3.06. The second-order valence-electron chi connectivity index (χ2n) is 3.57. The van der Waals surface area contributed by atoms with Gasteiger partial charge in [0.25, 0.3) is 0 Å². The lowest BCUT2D eigenvalue weighted by atomic mass is 10.1. The molecule has 0 bridgehead atoms. The van der Waals surface area contributed by atoms with E-state index in [2.05, 4.69) is 26.8 Å². The van der Waals surface area contributed by atoms with Gasteiger partial charge in [-0.2, -0.15) is 0 Å². The van der Waals surface area contributed by atoms with Gasteiger partial charge in [-0.05, 0) is 40.5 Å². The summed E-state index contributed by atoms with van der Waals surface area (Å²) >= 11 is 0. The molecule has 1 nitrogen and oxygen atoms in total. The van der Waals surface area contributed by atoms with Crippen molar-refractivity contribution in [2.45, 2.75) is 46.6 Å². The topological polar surface area (TPSA) is 20.2 Å². The Balaban J connectivity index is 3.71. The minimum atomic E-state index is -0.309. The molecule has 0 saturated carbocycles. The fourth-order valence-electron chi connectivity index (χ4n) is 1.08. The molecule has 0 aromatic rings. The van der Waals surface area contributed by atoms with E-state index >= 15 is 0 Å². The monoisotopic (exact) mass is 168 g/mol. The maximum Gasteiger partial charge on any atom is 0.0695 e. The molecule has 0 rings (SSSR count). The predicted molar refractivity (Wildman–Crippen MR) is 54.1 cm³/mol. The summed E-state index contributed by atoms with van der Waals surface area (Å²) in [5.41, 5.74) is 2.63. The molecule has 0 unspecified atom stereocenters. The molecule has 0 heterocycles. The average molecular weight is 168 g/mol. The zero-order valence-electron chi connectivity index (χ0n) is 8.59. The Morgan fingerprint density at radius 2 is 1.92 bits per heavy atom. The maximum atomic E-state index is 9.04. The number of hydrogen-bond acceptors (Lipinski definition) is 1. The van der Waals surface area contributed by atoms with Gasteiger partial charge in [-0.3, -0.25) is 0 Å². The van der Waals surface area contributed by atoms with E-state index < -0.39 is 0 Å². The molecule has 1 N–H and O–H groups in total. The van der Waals surface area contributed by atoms with E-state index in [1.807, 2.05) is 6.08 Å². The molecule has 1 heteroatoms. The van der Waals surface area contributed by atoms with Crippen LogP contribution in [-0.4, -0.2) is 11.2 Å². The fraction of sp³-hybridized carbons (Fsp3) is 0.636. The van der Waals surface area contributed by atoms with E-state index in [0.29, 0.717) is 0 Å². The van der Waals surface area contributed by atoms with Crippen LogP contribution in [0.3, 0.4) is 0 Å². The molecule has 1 atom stereocenters. The Kier molecular flexibility index (Phi) is 5.73. The molecule has 0 aliphatic carbocycles.